The number of hydrogen-bond donors (Lipinski definition) is 2. The number of likely N-dealkylation sites (tertiary alicyclic amines) is 1. The molecule has 2 fully saturated rings. The summed E-state index contributed by atoms with van der Waals surface area (Å²) in [5.41, 5.74) is 0.333. The molecule has 0 radical (unpaired) electrons. The van der Waals surface area contributed by atoms with Crippen LogP contribution in [0.2, 0.25) is 0 Å². The molecule has 38 heavy (non-hydrogen) atoms. The molecule has 0 saturated carbocycles. The van der Waals surface area contributed by atoms with Gasteiger partial charge >= 0.3 is 6.03 Å². The molecule has 5 unspecified atom stereocenters. The summed E-state index contributed by atoms with van der Waals surface area (Å²) in [5, 5.41) is 4.99. The van der Waals surface area contributed by atoms with Gasteiger partial charge in [-0.2, -0.15) is 0 Å². The summed E-state index contributed by atoms with van der Waals surface area (Å²) in [5.74, 6) is 6.97. The van der Waals surface area contributed by atoms with Gasteiger partial charge in [-0.15, -0.1) is 0 Å². The maximum Gasteiger partial charge on any atom is 0.323 e. The van der Waals surface area contributed by atoms with Crippen molar-refractivity contribution in [2.24, 2.45) is 17.3 Å². The lowest BCUT2D eigenvalue weighted by Gasteiger charge is -2.33. The number of hydrogen-bond acceptors (Lipinski definition) is 6. The molecule has 4 heterocycles. The Labute approximate surface area is 220 Å². The van der Waals surface area contributed by atoms with Crippen LogP contribution in [-0.4, -0.2) is 60.1 Å². The third-order valence-electron chi connectivity index (χ3n) is 8.09. The minimum Gasteiger partial charge on any atom is -0.497 e. The molecule has 6 rings (SSSR count). The molecule has 1 aromatic heterocycles. The molecule has 1 aromatic rings. The number of amides is 4. The Balaban J connectivity index is 1.29. The van der Waals surface area contributed by atoms with Crippen LogP contribution in [0.4, 0.5) is 4.79 Å². The lowest BCUT2D eigenvalue weighted by molar-refractivity contribution is -0.135. The van der Waals surface area contributed by atoms with Gasteiger partial charge in [-0.3, -0.25) is 19.9 Å². The van der Waals surface area contributed by atoms with Gasteiger partial charge in [0.1, 0.15) is 18.1 Å². The number of methoxy groups -OCH3 is 1. The summed E-state index contributed by atoms with van der Waals surface area (Å²) in [4.78, 5) is 44.9. The zero-order valence-corrected chi connectivity index (χ0v) is 21.4. The van der Waals surface area contributed by atoms with Gasteiger partial charge in [-0.1, -0.05) is 30.9 Å². The first-order valence-corrected chi connectivity index (χ1v) is 12.6. The van der Waals surface area contributed by atoms with Crippen LogP contribution in [0, 0.1) is 29.1 Å². The van der Waals surface area contributed by atoms with E-state index < -0.39 is 22.9 Å². The van der Waals surface area contributed by atoms with Crippen LogP contribution in [0.15, 0.2) is 65.6 Å². The quantitative estimate of drug-likeness (QED) is 0.475. The van der Waals surface area contributed by atoms with Gasteiger partial charge in [0.25, 0.3) is 5.91 Å². The molecule has 4 amide bonds. The number of allylic oxidation sites excluding steroid dienone is 4. The van der Waals surface area contributed by atoms with Crippen LogP contribution in [0.3, 0.4) is 0 Å². The summed E-state index contributed by atoms with van der Waals surface area (Å²) >= 11 is 0. The summed E-state index contributed by atoms with van der Waals surface area (Å²) in [7, 11) is 1.56. The number of carbonyl (C=O) groups excluding carboxylic acids is 3. The molecular weight excluding hydrogens is 484 g/mol. The summed E-state index contributed by atoms with van der Waals surface area (Å²) < 4.78 is 11.2. The van der Waals surface area contributed by atoms with Crippen molar-refractivity contribution in [2.75, 3.05) is 26.8 Å². The van der Waals surface area contributed by atoms with E-state index >= 15 is 0 Å². The third-order valence-corrected chi connectivity index (χ3v) is 8.09. The van der Waals surface area contributed by atoms with E-state index in [1.54, 1.807) is 18.2 Å². The number of nitrogens with one attached hydrogen (secondary N) is 2. The van der Waals surface area contributed by atoms with E-state index in [9.17, 15) is 14.4 Å². The molecule has 194 valence electrons. The molecule has 5 aliphatic rings. The van der Waals surface area contributed by atoms with Gasteiger partial charge in [0.05, 0.1) is 24.8 Å². The second-order valence-electron chi connectivity index (χ2n) is 10.6. The fourth-order valence-electron chi connectivity index (χ4n) is 6.06. The van der Waals surface area contributed by atoms with Crippen molar-refractivity contribution in [1.82, 2.24) is 20.5 Å². The standard InChI is InChI=1S/C29H28N4O5/c1-17-11-18(12-19-15-38-22-5-4-10-30-24(22)23(17)19)8-9-29(25(34)31-27(36)32-29)16-33-14-20-6-7-21(37-3)13-28(20,2)26(33)35/h4-7,10-13,17,20,23H,14-16H2,1-3H3,(H2,31,32,34,36). The molecule has 2 aliphatic carbocycles. The number of urea groups is 1. The van der Waals surface area contributed by atoms with Crippen LogP contribution in [0.1, 0.15) is 25.5 Å². The molecule has 2 N–H and O–H groups in total. The van der Waals surface area contributed by atoms with Gasteiger partial charge in [-0.25, -0.2) is 4.79 Å². The Hall–Kier alpha value is -4.32. The molecule has 5 atom stereocenters. The van der Waals surface area contributed by atoms with Crippen molar-refractivity contribution in [3.05, 3.63) is 71.3 Å². The fourth-order valence-corrected chi connectivity index (χ4v) is 6.06. The molecule has 0 spiro atoms. The fraction of sp³-hybridized carbons (Fsp3) is 0.379. The Kier molecular flexibility index (Phi) is 5.45. The molecule has 9 nitrogen and oxygen atoms in total. The number of pyridine rings is 1. The Morgan fingerprint density at radius 1 is 1.32 bits per heavy atom. The minimum atomic E-state index is -1.56. The van der Waals surface area contributed by atoms with Crippen LogP contribution in [-0.2, 0) is 14.3 Å². The Bertz CT molecular complexity index is 1450. The van der Waals surface area contributed by atoms with Crippen molar-refractivity contribution >= 4 is 17.8 Å². The number of aromatic nitrogens is 1. The molecule has 0 bridgehead atoms. The molecule has 2 saturated heterocycles. The predicted octanol–water partition coefficient (Wildman–Crippen LogP) is 2.21. The number of nitrogens with zero attached hydrogens (tertiary/aromatic N) is 2. The summed E-state index contributed by atoms with van der Waals surface area (Å²) in [6.45, 7) is 4.74. The lowest BCUT2D eigenvalue weighted by Crippen LogP contribution is -2.55. The molecule has 9 heteroatoms. The summed E-state index contributed by atoms with van der Waals surface area (Å²) in [6.07, 6.45) is 11.4. The van der Waals surface area contributed by atoms with Crippen LogP contribution >= 0.6 is 0 Å². The average Bonchev–Trinajstić information content (AvgIpc) is 3.32. The minimum absolute atomic E-state index is 0.0606. The van der Waals surface area contributed by atoms with Gasteiger partial charge in [0.15, 0.2) is 0 Å². The number of imide groups is 1. The van der Waals surface area contributed by atoms with E-state index in [-0.39, 0.29) is 30.2 Å². The highest BCUT2D eigenvalue weighted by Crippen LogP contribution is 2.44. The van der Waals surface area contributed by atoms with E-state index in [1.807, 2.05) is 49.4 Å². The highest BCUT2D eigenvalue weighted by molar-refractivity contribution is 6.09. The van der Waals surface area contributed by atoms with Crippen LogP contribution < -0.4 is 15.4 Å². The first-order valence-electron chi connectivity index (χ1n) is 12.6. The summed E-state index contributed by atoms with van der Waals surface area (Å²) in [6, 6.07) is 3.15. The molecular formula is C29H28N4O5. The van der Waals surface area contributed by atoms with Gasteiger partial charge < -0.3 is 19.7 Å². The van der Waals surface area contributed by atoms with E-state index in [4.69, 9.17) is 9.47 Å². The van der Waals surface area contributed by atoms with E-state index in [0.29, 0.717) is 18.9 Å². The van der Waals surface area contributed by atoms with E-state index in [1.165, 1.54) is 0 Å². The number of rotatable bonds is 3. The first kappa shape index (κ1) is 24.0. The third kappa shape index (κ3) is 3.71. The van der Waals surface area contributed by atoms with Crippen LogP contribution in [0.25, 0.3) is 0 Å². The smallest absolute Gasteiger partial charge is 0.323 e. The number of carbonyl (C=O) groups is 3. The van der Waals surface area contributed by atoms with Crippen molar-refractivity contribution in [2.45, 2.75) is 25.3 Å². The highest BCUT2D eigenvalue weighted by Gasteiger charge is 2.54. The highest BCUT2D eigenvalue weighted by atomic mass is 16.5. The van der Waals surface area contributed by atoms with Gasteiger partial charge in [-0.05, 0) is 48.8 Å². The largest absolute Gasteiger partial charge is 0.497 e. The monoisotopic (exact) mass is 512 g/mol. The van der Waals surface area contributed by atoms with E-state index in [2.05, 4.69) is 34.4 Å². The molecule has 3 aliphatic heterocycles. The Morgan fingerprint density at radius 3 is 2.92 bits per heavy atom. The predicted molar refractivity (Wildman–Crippen MR) is 137 cm³/mol. The van der Waals surface area contributed by atoms with Gasteiger partial charge in [0.2, 0.25) is 11.4 Å². The van der Waals surface area contributed by atoms with Crippen molar-refractivity contribution < 1.29 is 23.9 Å². The Morgan fingerprint density at radius 2 is 2.16 bits per heavy atom. The second-order valence-corrected chi connectivity index (χ2v) is 10.6. The first-order chi connectivity index (χ1) is 18.2. The van der Waals surface area contributed by atoms with Crippen LogP contribution in [0.5, 0.6) is 5.75 Å². The maximum absolute atomic E-state index is 13.5. The SMILES string of the molecule is COC1=CC2(C)C(=O)N(CC3(C#CC4=CC(C)C5C(=C4)COc4cccnc45)NC(=O)NC3=O)CC2C=C1. The number of fused-ring (bicyclic) bond motifs is 4. The molecule has 0 aromatic carbocycles. The van der Waals surface area contributed by atoms with E-state index in [0.717, 1.165) is 22.6 Å². The zero-order valence-electron chi connectivity index (χ0n) is 21.4. The van der Waals surface area contributed by atoms with Crippen molar-refractivity contribution in [3.63, 3.8) is 0 Å². The maximum atomic E-state index is 13.5. The zero-order chi connectivity index (χ0) is 26.7. The lowest BCUT2D eigenvalue weighted by atomic mass is 9.76. The second kappa shape index (κ2) is 8.62. The number of ether oxygens (including phenoxy) is 2. The topological polar surface area (TPSA) is 110 Å². The normalized spacial score (nSPS) is 32.8. The average molecular weight is 513 g/mol. The van der Waals surface area contributed by atoms with Crippen molar-refractivity contribution in [1.29, 1.82) is 0 Å². The van der Waals surface area contributed by atoms with Crippen molar-refractivity contribution in [3.8, 4) is 17.6 Å². The van der Waals surface area contributed by atoms with Gasteiger partial charge in [0, 0.05) is 30.2 Å².